The second kappa shape index (κ2) is 8.76. The van der Waals surface area contributed by atoms with Crippen molar-refractivity contribution < 1.29 is 22.8 Å². The Labute approximate surface area is 169 Å². The Bertz CT molecular complexity index is 1010. The van der Waals surface area contributed by atoms with Gasteiger partial charge in [0, 0.05) is 25.6 Å². The van der Waals surface area contributed by atoms with Crippen LogP contribution in [-0.4, -0.2) is 45.6 Å². The fraction of sp³-hybridized carbons (Fsp3) is 0.368. The van der Waals surface area contributed by atoms with Gasteiger partial charge in [-0.2, -0.15) is 0 Å². The number of hydrogen-bond acceptors (Lipinski definition) is 7. The van der Waals surface area contributed by atoms with Gasteiger partial charge in [-0.3, -0.25) is 10.1 Å². The molecule has 0 saturated heterocycles. The van der Waals surface area contributed by atoms with E-state index in [0.717, 1.165) is 23.3 Å². The lowest BCUT2D eigenvalue weighted by Gasteiger charge is -2.15. The van der Waals surface area contributed by atoms with Crippen LogP contribution in [0.4, 0.5) is 5.69 Å². The lowest BCUT2D eigenvalue weighted by molar-refractivity contribution is -0.387. The van der Waals surface area contributed by atoms with E-state index in [1.807, 2.05) is 43.3 Å². The van der Waals surface area contributed by atoms with Crippen LogP contribution in [0, 0.1) is 10.1 Å². The van der Waals surface area contributed by atoms with Crippen molar-refractivity contribution in [2.24, 2.45) is 0 Å². The summed E-state index contributed by atoms with van der Waals surface area (Å²) >= 11 is 0. The molecule has 2 aromatic rings. The van der Waals surface area contributed by atoms with E-state index < -0.39 is 25.5 Å². The molecule has 0 bridgehead atoms. The lowest BCUT2D eigenvalue weighted by Crippen LogP contribution is -2.25. The molecule has 1 aliphatic heterocycles. The van der Waals surface area contributed by atoms with Crippen molar-refractivity contribution in [3.63, 3.8) is 0 Å². The Hall–Kier alpha value is -2.69. The van der Waals surface area contributed by atoms with Gasteiger partial charge < -0.3 is 14.4 Å². The second-order valence-electron chi connectivity index (χ2n) is 6.91. The van der Waals surface area contributed by atoms with E-state index in [1.165, 1.54) is 0 Å². The molecule has 0 spiro atoms. The highest BCUT2D eigenvalue weighted by atomic mass is 32.2. The van der Waals surface area contributed by atoms with Gasteiger partial charge in [0.25, 0.3) is 5.69 Å². The van der Waals surface area contributed by atoms with Crippen molar-refractivity contribution in [2.75, 3.05) is 27.3 Å². The highest BCUT2D eigenvalue weighted by Gasteiger charge is 2.30. The van der Waals surface area contributed by atoms with Gasteiger partial charge in [-0.05, 0) is 25.2 Å². The molecule has 0 amide bonds. The zero-order valence-electron chi connectivity index (χ0n) is 16.3. The number of nitrogens with zero attached hydrogens (tertiary/aromatic N) is 2. The minimum absolute atomic E-state index is 0.0118. The molecule has 9 nitrogen and oxygen atoms in total. The minimum Gasteiger partial charge on any atom is -0.490 e. The van der Waals surface area contributed by atoms with Crippen LogP contribution in [-0.2, 0) is 23.1 Å². The number of benzene rings is 2. The SMILES string of the molecule is CN(C)Cc1ccccc1CNS(=O)(=O)c1cc2c(cc1[N+](=O)[O-])OCCCO2. The van der Waals surface area contributed by atoms with E-state index in [0.29, 0.717) is 26.2 Å². The third-order valence-corrected chi connectivity index (χ3v) is 5.80. The number of ether oxygens (including phenoxy) is 2. The van der Waals surface area contributed by atoms with E-state index in [1.54, 1.807) is 0 Å². The number of fused-ring (bicyclic) bond motifs is 1. The normalized spacial score (nSPS) is 13.9. The molecule has 1 aliphatic rings. The lowest BCUT2D eigenvalue weighted by atomic mass is 10.1. The molecule has 0 radical (unpaired) electrons. The molecule has 0 aliphatic carbocycles. The molecule has 3 rings (SSSR count). The quantitative estimate of drug-likeness (QED) is 0.539. The molecule has 0 fully saturated rings. The highest BCUT2D eigenvalue weighted by molar-refractivity contribution is 7.89. The van der Waals surface area contributed by atoms with Gasteiger partial charge in [0.05, 0.1) is 24.2 Å². The molecule has 0 aromatic heterocycles. The van der Waals surface area contributed by atoms with Crippen molar-refractivity contribution in [3.8, 4) is 11.5 Å². The van der Waals surface area contributed by atoms with Crippen LogP contribution in [0.25, 0.3) is 0 Å². The zero-order chi connectivity index (χ0) is 21.0. The van der Waals surface area contributed by atoms with Crippen LogP contribution in [0.3, 0.4) is 0 Å². The standard InChI is InChI=1S/C19H23N3O6S/c1-21(2)13-15-7-4-3-6-14(15)12-20-29(25,26)19-11-18-17(10-16(19)22(23)24)27-8-5-9-28-18/h3-4,6-7,10-11,20H,5,8-9,12-13H2,1-2H3. The molecule has 1 N–H and O–H groups in total. The van der Waals surface area contributed by atoms with Crippen LogP contribution in [0.2, 0.25) is 0 Å². The minimum atomic E-state index is -4.17. The van der Waals surface area contributed by atoms with E-state index in [9.17, 15) is 18.5 Å². The van der Waals surface area contributed by atoms with Crippen LogP contribution in [0.15, 0.2) is 41.3 Å². The number of rotatable bonds is 7. The molecule has 2 aromatic carbocycles. The summed E-state index contributed by atoms with van der Waals surface area (Å²) in [6.45, 7) is 1.34. The predicted octanol–water partition coefficient (Wildman–Crippen LogP) is 2.30. The maximum atomic E-state index is 12.9. The Morgan fingerprint density at radius 1 is 1.10 bits per heavy atom. The Kier molecular flexibility index (Phi) is 6.36. The summed E-state index contributed by atoms with van der Waals surface area (Å²) in [6, 6.07) is 9.70. The fourth-order valence-corrected chi connectivity index (χ4v) is 4.18. The summed E-state index contributed by atoms with van der Waals surface area (Å²) in [5.41, 5.74) is 1.21. The topological polar surface area (TPSA) is 111 Å². The van der Waals surface area contributed by atoms with Crippen LogP contribution < -0.4 is 14.2 Å². The van der Waals surface area contributed by atoms with Crippen LogP contribution >= 0.6 is 0 Å². The molecular formula is C19H23N3O6S. The number of sulfonamides is 1. The van der Waals surface area contributed by atoms with Crippen LogP contribution in [0.5, 0.6) is 11.5 Å². The first kappa shape index (κ1) is 21.0. The van der Waals surface area contributed by atoms with E-state index in [4.69, 9.17) is 9.47 Å². The fourth-order valence-electron chi connectivity index (χ4n) is 3.01. The zero-order valence-corrected chi connectivity index (χ0v) is 17.1. The summed E-state index contributed by atoms with van der Waals surface area (Å²) in [4.78, 5) is 12.3. The summed E-state index contributed by atoms with van der Waals surface area (Å²) in [5.74, 6) is 0.353. The molecular weight excluding hydrogens is 398 g/mol. The molecule has 10 heteroatoms. The Balaban J connectivity index is 1.92. The second-order valence-corrected chi connectivity index (χ2v) is 8.64. The largest absolute Gasteiger partial charge is 0.490 e. The van der Waals surface area contributed by atoms with Gasteiger partial charge in [-0.15, -0.1) is 0 Å². The predicted molar refractivity (Wildman–Crippen MR) is 107 cm³/mol. The van der Waals surface area contributed by atoms with Gasteiger partial charge in [0.15, 0.2) is 16.4 Å². The Morgan fingerprint density at radius 3 is 2.34 bits per heavy atom. The van der Waals surface area contributed by atoms with Gasteiger partial charge in [0.2, 0.25) is 10.0 Å². The van der Waals surface area contributed by atoms with Crippen molar-refractivity contribution in [2.45, 2.75) is 24.4 Å². The number of nitro groups is 1. The summed E-state index contributed by atoms with van der Waals surface area (Å²) in [6.07, 6.45) is 0.603. The van der Waals surface area contributed by atoms with Crippen LogP contribution in [0.1, 0.15) is 17.5 Å². The molecule has 1 heterocycles. The average Bonchev–Trinajstić information content (AvgIpc) is 2.90. The summed E-state index contributed by atoms with van der Waals surface area (Å²) in [5, 5.41) is 11.5. The average molecular weight is 421 g/mol. The molecule has 0 unspecified atom stereocenters. The van der Waals surface area contributed by atoms with Gasteiger partial charge in [-0.25, -0.2) is 13.1 Å². The van der Waals surface area contributed by atoms with Gasteiger partial charge in [-0.1, -0.05) is 24.3 Å². The molecule has 156 valence electrons. The van der Waals surface area contributed by atoms with Crippen molar-refractivity contribution in [1.82, 2.24) is 9.62 Å². The Morgan fingerprint density at radius 2 is 1.72 bits per heavy atom. The van der Waals surface area contributed by atoms with Crippen molar-refractivity contribution in [3.05, 3.63) is 57.6 Å². The summed E-state index contributed by atoms with van der Waals surface area (Å²) < 4.78 is 39.2. The monoisotopic (exact) mass is 421 g/mol. The van der Waals surface area contributed by atoms with E-state index in [2.05, 4.69) is 4.72 Å². The third kappa shape index (κ3) is 5.03. The third-order valence-electron chi connectivity index (χ3n) is 4.37. The first-order valence-electron chi connectivity index (χ1n) is 9.07. The van der Waals surface area contributed by atoms with Crippen molar-refractivity contribution in [1.29, 1.82) is 0 Å². The smallest absolute Gasteiger partial charge is 0.293 e. The van der Waals surface area contributed by atoms with Gasteiger partial charge in [0.1, 0.15) is 0 Å². The summed E-state index contributed by atoms with van der Waals surface area (Å²) in [7, 11) is -0.328. The van der Waals surface area contributed by atoms with E-state index in [-0.39, 0.29) is 18.0 Å². The number of nitro benzene ring substituents is 1. The number of hydrogen-bond donors (Lipinski definition) is 1. The molecule has 29 heavy (non-hydrogen) atoms. The van der Waals surface area contributed by atoms with Crippen molar-refractivity contribution >= 4 is 15.7 Å². The molecule has 0 saturated carbocycles. The number of nitrogens with one attached hydrogen (secondary N) is 1. The highest BCUT2D eigenvalue weighted by Crippen LogP contribution is 2.38. The maximum Gasteiger partial charge on any atom is 0.293 e. The van der Waals surface area contributed by atoms with Gasteiger partial charge >= 0.3 is 0 Å². The first-order valence-corrected chi connectivity index (χ1v) is 10.6. The van der Waals surface area contributed by atoms with E-state index >= 15 is 0 Å². The first-order chi connectivity index (χ1) is 13.8. The molecule has 0 atom stereocenters. The maximum absolute atomic E-state index is 12.9.